The molecule has 3 aliphatic rings. The summed E-state index contributed by atoms with van der Waals surface area (Å²) in [6, 6.07) is 13.1. The monoisotopic (exact) mass is 502 g/mol. The third kappa shape index (κ3) is 4.88. The highest BCUT2D eigenvalue weighted by molar-refractivity contribution is 8.02. The summed E-state index contributed by atoms with van der Waals surface area (Å²) in [7, 11) is 0. The fraction of sp³-hybridized carbons (Fsp3) is 0.259. The van der Waals surface area contributed by atoms with E-state index in [1.54, 1.807) is 11.8 Å². The Morgan fingerprint density at radius 1 is 1.21 bits per heavy atom. The van der Waals surface area contributed by atoms with Crippen molar-refractivity contribution in [2.24, 2.45) is 21.8 Å². The van der Waals surface area contributed by atoms with Gasteiger partial charge in [0.2, 0.25) is 6.19 Å². The van der Waals surface area contributed by atoms with Crippen molar-refractivity contribution in [3.8, 4) is 6.19 Å². The number of fused-ring (bicyclic) bond motifs is 5. The van der Waals surface area contributed by atoms with E-state index in [1.165, 1.54) is 33.2 Å². The molecule has 0 amide bonds. The molecule has 2 heterocycles. The van der Waals surface area contributed by atoms with Crippen LogP contribution in [0.15, 0.2) is 70.1 Å². The van der Waals surface area contributed by atoms with Gasteiger partial charge in [0, 0.05) is 28.9 Å². The largest absolute Gasteiger partial charge is 0.282 e. The maximum absolute atomic E-state index is 9.19. The molecule has 1 fully saturated rings. The van der Waals surface area contributed by atoms with Crippen LogP contribution in [0.2, 0.25) is 4.47 Å². The summed E-state index contributed by atoms with van der Waals surface area (Å²) in [6.45, 7) is 0. The van der Waals surface area contributed by atoms with Crippen LogP contribution in [0, 0.1) is 23.3 Å². The highest BCUT2D eigenvalue weighted by Crippen LogP contribution is 2.48. The zero-order valence-electron chi connectivity index (χ0n) is 18.5. The molecule has 6 rings (SSSR count). The van der Waals surface area contributed by atoms with E-state index in [2.05, 4.69) is 63.5 Å². The van der Waals surface area contributed by atoms with E-state index in [9.17, 15) is 5.26 Å². The Bertz CT molecular complexity index is 1340. The van der Waals surface area contributed by atoms with Crippen LogP contribution in [-0.2, 0) is 6.42 Å². The lowest BCUT2D eigenvalue weighted by molar-refractivity contribution is 0.363. The molecule has 4 nitrogen and oxygen atoms in total. The topological polar surface area (TPSA) is 61.4 Å². The van der Waals surface area contributed by atoms with Crippen LogP contribution in [0.4, 0.5) is 0 Å². The number of hydrogen-bond acceptors (Lipinski definition) is 6. The van der Waals surface area contributed by atoms with Gasteiger partial charge in [0.1, 0.15) is 0 Å². The van der Waals surface area contributed by atoms with Gasteiger partial charge in [-0.3, -0.25) is 4.99 Å². The van der Waals surface area contributed by atoms with Gasteiger partial charge in [0.15, 0.2) is 4.47 Å². The van der Waals surface area contributed by atoms with Crippen LogP contribution in [-0.4, -0.2) is 22.8 Å². The lowest BCUT2D eigenvalue weighted by Crippen LogP contribution is -2.35. The first-order valence-corrected chi connectivity index (χ1v) is 13.5. The molecule has 2 aliphatic carbocycles. The van der Waals surface area contributed by atoms with Crippen LogP contribution in [0.5, 0.6) is 0 Å². The second-order valence-corrected chi connectivity index (χ2v) is 11.0. The summed E-state index contributed by atoms with van der Waals surface area (Å²) >= 11 is 9.28. The second-order valence-electron chi connectivity index (χ2n) is 8.42. The average molecular weight is 503 g/mol. The summed E-state index contributed by atoms with van der Waals surface area (Å²) in [5, 5.41) is 13.8. The van der Waals surface area contributed by atoms with Crippen molar-refractivity contribution in [1.29, 1.82) is 5.26 Å². The smallest absolute Gasteiger partial charge is 0.205 e. The van der Waals surface area contributed by atoms with Gasteiger partial charge >= 0.3 is 0 Å². The predicted molar refractivity (Wildman–Crippen MR) is 146 cm³/mol. The van der Waals surface area contributed by atoms with E-state index in [1.807, 2.05) is 30.1 Å². The van der Waals surface area contributed by atoms with Gasteiger partial charge in [-0.2, -0.15) is 10.3 Å². The third-order valence-electron chi connectivity index (χ3n) is 6.61. The molecule has 0 spiro atoms. The van der Waals surface area contributed by atoms with Crippen LogP contribution in [0.3, 0.4) is 0 Å². The Labute approximate surface area is 212 Å². The van der Waals surface area contributed by atoms with E-state index >= 15 is 0 Å². The number of hydrogen-bond donors (Lipinski definition) is 0. The van der Waals surface area contributed by atoms with E-state index in [-0.39, 0.29) is 5.92 Å². The number of allylic oxidation sites excluding steroid dienone is 2. The molecular formula is C27H23ClN4S2. The van der Waals surface area contributed by atoms with Gasteiger partial charge in [0.05, 0.1) is 5.88 Å². The van der Waals surface area contributed by atoms with E-state index < -0.39 is 0 Å². The molecule has 2 aromatic carbocycles. The number of nitriles is 1. The van der Waals surface area contributed by atoms with Crippen LogP contribution < -0.4 is 0 Å². The fourth-order valence-corrected chi connectivity index (χ4v) is 6.65. The van der Waals surface area contributed by atoms with Gasteiger partial charge in [-0.05, 0) is 64.5 Å². The number of thiazole rings is 1. The van der Waals surface area contributed by atoms with Crippen LogP contribution >= 0.6 is 34.7 Å². The third-order valence-corrected chi connectivity index (χ3v) is 8.40. The van der Waals surface area contributed by atoms with Crippen LogP contribution in [0.25, 0.3) is 16.8 Å². The summed E-state index contributed by atoms with van der Waals surface area (Å²) < 4.78 is 0.567. The number of benzene rings is 2. The van der Waals surface area contributed by atoms with Crippen molar-refractivity contribution in [2.45, 2.75) is 25.2 Å². The lowest BCUT2D eigenvalue weighted by Gasteiger charge is -2.40. The highest BCUT2D eigenvalue weighted by atomic mass is 35.5. The number of thioether (sulfide) groups is 1. The van der Waals surface area contributed by atoms with Gasteiger partial charge in [-0.1, -0.05) is 60.2 Å². The highest BCUT2D eigenvalue weighted by Gasteiger charge is 2.39. The van der Waals surface area contributed by atoms with E-state index in [0.29, 0.717) is 16.3 Å². The van der Waals surface area contributed by atoms with Crippen molar-refractivity contribution in [3.63, 3.8) is 0 Å². The molecule has 0 bridgehead atoms. The summed E-state index contributed by atoms with van der Waals surface area (Å²) in [6.07, 6.45) is 15.0. The molecule has 1 saturated carbocycles. The SMILES string of the molecule is C1=CSCN=C1.N#CN=C1CCC2c3ccc4ccccc4c3C=CC2C1Cc1cnc(Cl)s1. The normalized spacial score (nSPS) is 23.6. The maximum Gasteiger partial charge on any atom is 0.205 e. The number of rotatable bonds is 2. The Kier molecular flexibility index (Phi) is 7.24. The van der Waals surface area contributed by atoms with E-state index in [4.69, 9.17) is 11.6 Å². The first-order valence-electron chi connectivity index (χ1n) is 11.3. The quantitative estimate of drug-likeness (QED) is 0.340. The Morgan fingerprint density at radius 3 is 2.82 bits per heavy atom. The molecule has 0 N–H and O–H groups in total. The lowest BCUT2D eigenvalue weighted by atomic mass is 9.64. The molecule has 3 unspecified atom stereocenters. The van der Waals surface area contributed by atoms with Crippen molar-refractivity contribution in [2.75, 3.05) is 5.88 Å². The molecule has 34 heavy (non-hydrogen) atoms. The first kappa shape index (κ1) is 23.0. The summed E-state index contributed by atoms with van der Waals surface area (Å²) in [4.78, 5) is 13.5. The minimum Gasteiger partial charge on any atom is -0.282 e. The summed E-state index contributed by atoms with van der Waals surface area (Å²) in [5.74, 6) is 1.91. The molecule has 0 saturated heterocycles. The molecule has 170 valence electrons. The maximum atomic E-state index is 9.19. The minimum absolute atomic E-state index is 0.214. The number of halogens is 1. The second kappa shape index (κ2) is 10.7. The van der Waals surface area contributed by atoms with Crippen molar-refractivity contribution < 1.29 is 0 Å². The van der Waals surface area contributed by atoms with Gasteiger partial charge in [0.25, 0.3) is 0 Å². The van der Waals surface area contributed by atoms with Gasteiger partial charge in [-0.15, -0.1) is 23.1 Å². The first-order chi connectivity index (χ1) is 16.7. The van der Waals surface area contributed by atoms with Crippen molar-refractivity contribution in [3.05, 3.63) is 80.6 Å². The molecule has 7 heteroatoms. The Morgan fingerprint density at radius 2 is 2.12 bits per heavy atom. The Balaban J connectivity index is 0.000000351. The molecule has 0 radical (unpaired) electrons. The predicted octanol–water partition coefficient (Wildman–Crippen LogP) is 7.53. The standard InChI is InChI=1S/C23H18ClN3S.C4H5NS/c24-23-26-12-15(28-23)11-21-20-8-7-17-16-4-2-1-3-14(16)5-6-18(17)19(20)9-10-22(21)27-13-25;1-2-5-4-6-3-1/h1-8,12,19-21H,9-11H2;1-3H,4H2. The van der Waals surface area contributed by atoms with Crippen molar-refractivity contribution >= 4 is 63.5 Å². The van der Waals surface area contributed by atoms with Crippen LogP contribution in [0.1, 0.15) is 34.8 Å². The number of nitrogens with zero attached hydrogens (tertiary/aromatic N) is 4. The molecular weight excluding hydrogens is 480 g/mol. The number of aromatic nitrogens is 1. The zero-order chi connectivity index (χ0) is 23.3. The molecule has 1 aromatic heterocycles. The fourth-order valence-electron chi connectivity index (χ4n) is 5.18. The molecule has 3 aromatic rings. The minimum atomic E-state index is 0.214. The summed E-state index contributed by atoms with van der Waals surface area (Å²) in [5.41, 5.74) is 3.79. The number of aliphatic imine (C=N–C) groups is 2. The van der Waals surface area contributed by atoms with Gasteiger partial charge in [-0.25, -0.2) is 4.98 Å². The van der Waals surface area contributed by atoms with E-state index in [0.717, 1.165) is 35.7 Å². The van der Waals surface area contributed by atoms with Crippen molar-refractivity contribution in [1.82, 2.24) is 4.98 Å². The van der Waals surface area contributed by atoms with Gasteiger partial charge < -0.3 is 0 Å². The zero-order valence-corrected chi connectivity index (χ0v) is 20.9. The Hall–Kier alpha value is -2.72. The average Bonchev–Trinajstić information content (AvgIpc) is 3.31. The molecule has 1 aliphatic heterocycles. The molecule has 3 atom stereocenters.